The monoisotopic (exact) mass is 463 g/mol. The number of aromatic hydroxyl groups is 1. The van der Waals surface area contributed by atoms with E-state index in [0.29, 0.717) is 35.4 Å². The smallest absolute Gasteiger partial charge is 0.264 e. The van der Waals surface area contributed by atoms with Crippen molar-refractivity contribution < 1.29 is 19.4 Å². The molecule has 2 N–H and O–H groups in total. The van der Waals surface area contributed by atoms with Crippen LogP contribution in [0.15, 0.2) is 65.8 Å². The van der Waals surface area contributed by atoms with E-state index < -0.39 is 11.4 Å². The van der Waals surface area contributed by atoms with E-state index in [1.165, 1.54) is 58.2 Å². The lowest BCUT2D eigenvalue weighted by atomic mass is 9.91. The molecule has 34 heavy (non-hydrogen) atoms. The Kier molecular flexibility index (Phi) is 5.37. The zero-order valence-corrected chi connectivity index (χ0v) is 18.1. The summed E-state index contributed by atoms with van der Waals surface area (Å²) in [4.78, 5) is 31.7. The number of benzene rings is 2. The van der Waals surface area contributed by atoms with E-state index in [-0.39, 0.29) is 36.6 Å². The molecule has 9 nitrogen and oxygen atoms in total. The lowest BCUT2D eigenvalue weighted by Gasteiger charge is -2.38. The minimum atomic E-state index is -1.17. The number of aliphatic hydroxyl groups is 1. The topological polar surface area (TPSA) is 113 Å². The molecule has 10 heteroatoms. The minimum absolute atomic E-state index is 0.0394. The summed E-state index contributed by atoms with van der Waals surface area (Å²) in [5.74, 6) is -0.507. The van der Waals surface area contributed by atoms with Crippen molar-refractivity contribution in [3.63, 3.8) is 0 Å². The third-order valence-electron chi connectivity index (χ3n) is 6.19. The minimum Gasteiger partial charge on any atom is -0.508 e. The third-order valence-corrected chi connectivity index (χ3v) is 6.19. The van der Waals surface area contributed by atoms with Crippen LogP contribution in [0.3, 0.4) is 0 Å². The fourth-order valence-electron chi connectivity index (χ4n) is 4.22. The van der Waals surface area contributed by atoms with Gasteiger partial charge in [-0.05, 0) is 61.4 Å². The molecule has 1 amide bonds. The van der Waals surface area contributed by atoms with Gasteiger partial charge in [-0.3, -0.25) is 14.2 Å². The van der Waals surface area contributed by atoms with Crippen LogP contribution in [0.2, 0.25) is 0 Å². The average Bonchev–Trinajstić information content (AvgIpc) is 3.27. The molecule has 0 radical (unpaired) electrons. The number of hydrogen-bond acceptors (Lipinski definition) is 6. The maximum Gasteiger partial charge on any atom is 0.264 e. The van der Waals surface area contributed by atoms with Crippen LogP contribution in [-0.4, -0.2) is 59.0 Å². The van der Waals surface area contributed by atoms with E-state index in [9.17, 15) is 24.2 Å². The average molecular weight is 463 g/mol. The second-order valence-corrected chi connectivity index (χ2v) is 8.51. The summed E-state index contributed by atoms with van der Waals surface area (Å²) >= 11 is 0. The number of hydrogen-bond donors (Lipinski definition) is 2. The summed E-state index contributed by atoms with van der Waals surface area (Å²) in [6.45, 7) is 0.670. The molecule has 0 spiro atoms. The quantitative estimate of drug-likeness (QED) is 0.479. The molecule has 0 unspecified atom stereocenters. The van der Waals surface area contributed by atoms with Crippen LogP contribution in [0.25, 0.3) is 16.7 Å². The Morgan fingerprint density at radius 3 is 2.41 bits per heavy atom. The fourth-order valence-corrected chi connectivity index (χ4v) is 4.22. The first-order valence-electron chi connectivity index (χ1n) is 10.8. The zero-order valence-electron chi connectivity index (χ0n) is 18.1. The normalized spacial score (nSPS) is 15.5. The fraction of sp³-hybridized carbons (Fsp3) is 0.250. The lowest BCUT2D eigenvalue weighted by Crippen LogP contribution is -2.49. The maximum atomic E-state index is 13.1. The SMILES string of the molecule is O=C(c1ccc(F)cc1)N1CCC(O)(Cn2cnc3c(cnn3-c3ccc(O)cc3)c2=O)CC1. The first-order chi connectivity index (χ1) is 16.3. The Labute approximate surface area is 193 Å². The predicted molar refractivity (Wildman–Crippen MR) is 121 cm³/mol. The maximum absolute atomic E-state index is 13.1. The van der Waals surface area contributed by atoms with Crippen molar-refractivity contribution in [1.82, 2.24) is 24.2 Å². The van der Waals surface area contributed by atoms with Gasteiger partial charge in [-0.2, -0.15) is 5.10 Å². The molecule has 2 aromatic carbocycles. The van der Waals surface area contributed by atoms with E-state index >= 15 is 0 Å². The van der Waals surface area contributed by atoms with Gasteiger partial charge in [-0.15, -0.1) is 0 Å². The van der Waals surface area contributed by atoms with Crippen LogP contribution >= 0.6 is 0 Å². The molecule has 174 valence electrons. The van der Waals surface area contributed by atoms with Crippen molar-refractivity contribution >= 4 is 16.9 Å². The van der Waals surface area contributed by atoms with Gasteiger partial charge in [0.15, 0.2) is 5.65 Å². The molecule has 0 aliphatic carbocycles. The molecule has 0 bridgehead atoms. The number of nitrogens with zero attached hydrogens (tertiary/aromatic N) is 5. The first-order valence-corrected chi connectivity index (χ1v) is 10.8. The highest BCUT2D eigenvalue weighted by Crippen LogP contribution is 2.25. The molecule has 0 saturated carbocycles. The molecule has 2 aromatic heterocycles. The third kappa shape index (κ3) is 4.03. The second kappa shape index (κ2) is 8.38. The number of amides is 1. The van der Waals surface area contributed by atoms with Gasteiger partial charge in [0.2, 0.25) is 0 Å². The zero-order chi connectivity index (χ0) is 23.9. The summed E-state index contributed by atoms with van der Waals surface area (Å²) < 4.78 is 16.0. The summed E-state index contributed by atoms with van der Waals surface area (Å²) in [6.07, 6.45) is 3.40. The van der Waals surface area contributed by atoms with Gasteiger partial charge in [0, 0.05) is 18.7 Å². The number of piperidine rings is 1. The largest absolute Gasteiger partial charge is 0.508 e. The standard InChI is InChI=1S/C24H22FN5O4/c25-17-3-1-16(2-4-17)22(32)28-11-9-24(34,10-12-28)14-29-15-26-21-20(23(29)33)13-27-30(21)18-5-7-19(31)8-6-18/h1-8,13,15,31,34H,9-12,14H2. The van der Waals surface area contributed by atoms with E-state index in [1.807, 2.05) is 0 Å². The molecule has 3 heterocycles. The molecular weight excluding hydrogens is 441 g/mol. The number of rotatable bonds is 4. The molecule has 1 fully saturated rings. The van der Waals surface area contributed by atoms with Crippen LogP contribution in [0.1, 0.15) is 23.2 Å². The van der Waals surface area contributed by atoms with Crippen LogP contribution in [0.4, 0.5) is 4.39 Å². The van der Waals surface area contributed by atoms with Crippen molar-refractivity contribution in [3.8, 4) is 11.4 Å². The number of fused-ring (bicyclic) bond motifs is 1. The lowest BCUT2D eigenvalue weighted by molar-refractivity contribution is -0.0299. The number of likely N-dealkylation sites (tertiary alicyclic amines) is 1. The molecule has 1 aliphatic heterocycles. The van der Waals surface area contributed by atoms with Gasteiger partial charge in [0.25, 0.3) is 11.5 Å². The Hall–Kier alpha value is -4.05. The highest BCUT2D eigenvalue weighted by Gasteiger charge is 2.35. The van der Waals surface area contributed by atoms with E-state index in [2.05, 4.69) is 10.1 Å². The summed E-state index contributed by atoms with van der Waals surface area (Å²) in [5, 5.41) is 25.2. The van der Waals surface area contributed by atoms with Crippen molar-refractivity contribution in [3.05, 3.63) is 82.8 Å². The van der Waals surface area contributed by atoms with Crippen LogP contribution in [0, 0.1) is 5.82 Å². The van der Waals surface area contributed by atoms with Crippen molar-refractivity contribution in [2.75, 3.05) is 13.1 Å². The van der Waals surface area contributed by atoms with Gasteiger partial charge < -0.3 is 15.1 Å². The van der Waals surface area contributed by atoms with Crippen LogP contribution < -0.4 is 5.56 Å². The van der Waals surface area contributed by atoms with Gasteiger partial charge in [-0.1, -0.05) is 0 Å². The van der Waals surface area contributed by atoms with Gasteiger partial charge in [-0.25, -0.2) is 14.1 Å². The van der Waals surface area contributed by atoms with E-state index in [0.717, 1.165) is 0 Å². The number of phenolic OH excluding ortho intramolecular Hbond substituents is 1. The van der Waals surface area contributed by atoms with E-state index in [1.54, 1.807) is 17.0 Å². The molecule has 4 aromatic rings. The molecule has 0 atom stereocenters. The summed E-state index contributed by atoms with van der Waals surface area (Å²) in [6, 6.07) is 11.7. The Morgan fingerprint density at radius 2 is 1.74 bits per heavy atom. The Morgan fingerprint density at radius 1 is 1.06 bits per heavy atom. The van der Waals surface area contributed by atoms with Gasteiger partial charge >= 0.3 is 0 Å². The first kappa shape index (κ1) is 21.8. The summed E-state index contributed by atoms with van der Waals surface area (Å²) in [5.41, 5.74) is -0.0874. The number of carbonyl (C=O) groups is 1. The van der Waals surface area contributed by atoms with Gasteiger partial charge in [0.05, 0.1) is 24.0 Å². The van der Waals surface area contributed by atoms with Crippen LogP contribution in [0.5, 0.6) is 5.75 Å². The van der Waals surface area contributed by atoms with Crippen molar-refractivity contribution in [1.29, 1.82) is 0 Å². The summed E-state index contributed by atoms with van der Waals surface area (Å²) in [7, 11) is 0. The molecule has 1 saturated heterocycles. The van der Waals surface area contributed by atoms with E-state index in [4.69, 9.17) is 0 Å². The second-order valence-electron chi connectivity index (χ2n) is 8.51. The number of halogens is 1. The van der Waals surface area contributed by atoms with Crippen molar-refractivity contribution in [2.45, 2.75) is 25.0 Å². The molecule has 5 rings (SSSR count). The molecular formula is C24H22FN5O4. The van der Waals surface area contributed by atoms with Crippen LogP contribution in [-0.2, 0) is 6.54 Å². The Bertz CT molecular complexity index is 1400. The number of carbonyl (C=O) groups excluding carboxylic acids is 1. The highest BCUT2D eigenvalue weighted by atomic mass is 19.1. The molecule has 1 aliphatic rings. The predicted octanol–water partition coefficient (Wildman–Crippen LogP) is 2.09. The van der Waals surface area contributed by atoms with Gasteiger partial charge in [0.1, 0.15) is 23.3 Å². The number of aromatic nitrogens is 4. The Balaban J connectivity index is 1.32. The van der Waals surface area contributed by atoms with Crippen molar-refractivity contribution in [2.24, 2.45) is 0 Å². The number of phenols is 1. The highest BCUT2D eigenvalue weighted by molar-refractivity contribution is 5.94.